The van der Waals surface area contributed by atoms with Crippen molar-refractivity contribution in [2.75, 3.05) is 13.2 Å². The van der Waals surface area contributed by atoms with Crippen LogP contribution in [-0.2, 0) is 21.2 Å². The van der Waals surface area contributed by atoms with Crippen molar-refractivity contribution < 1.29 is 13.2 Å². The summed E-state index contributed by atoms with van der Waals surface area (Å²) in [5, 5.41) is 0.590. The van der Waals surface area contributed by atoms with Crippen LogP contribution in [0.2, 0.25) is 10.0 Å². The van der Waals surface area contributed by atoms with Crippen molar-refractivity contribution >= 4 is 33.2 Å². The maximum absolute atomic E-state index is 12.5. The van der Waals surface area contributed by atoms with Crippen LogP contribution in [0.15, 0.2) is 18.2 Å². The fraction of sp³-hybridized carbons (Fsp3) is 0.600. The summed E-state index contributed by atoms with van der Waals surface area (Å²) in [5.74, 6) is -0.0674. The molecule has 1 saturated carbocycles. The van der Waals surface area contributed by atoms with Gasteiger partial charge >= 0.3 is 0 Å². The average molecular weight is 364 g/mol. The van der Waals surface area contributed by atoms with Gasteiger partial charge in [0.2, 0.25) is 10.0 Å². The molecule has 3 rings (SSSR count). The Kier molecular flexibility index (Phi) is 5.00. The van der Waals surface area contributed by atoms with Gasteiger partial charge in [-0.25, -0.2) is 13.1 Å². The van der Waals surface area contributed by atoms with Crippen LogP contribution < -0.4 is 4.72 Å². The number of rotatable bonds is 5. The summed E-state index contributed by atoms with van der Waals surface area (Å²) in [5.41, 5.74) is 0.983. The SMILES string of the molecule is O=S(=O)(NC1CC1)[C@H]1CCOC[C@@H]1Cc1ccc(Cl)c(Cl)c1. The Bertz CT molecular complexity index is 646. The first-order chi connectivity index (χ1) is 10.5. The standard InChI is InChI=1S/C15H19Cl2NO3S/c16-13-4-1-10(8-14(13)17)7-11-9-21-6-5-15(11)22(19,20)18-12-2-3-12/h1,4,8,11-12,15,18H,2-3,5-7,9H2/t11-,15-/m0/s1. The van der Waals surface area contributed by atoms with E-state index in [1.165, 1.54) is 0 Å². The highest BCUT2D eigenvalue weighted by Gasteiger charge is 2.39. The molecule has 0 amide bonds. The molecule has 0 spiro atoms. The number of hydrogen-bond acceptors (Lipinski definition) is 3. The largest absolute Gasteiger partial charge is 0.381 e. The molecule has 1 aliphatic carbocycles. The van der Waals surface area contributed by atoms with Crippen molar-refractivity contribution in [1.82, 2.24) is 4.72 Å². The summed E-state index contributed by atoms with van der Waals surface area (Å²) in [6, 6.07) is 5.57. The number of hydrogen-bond donors (Lipinski definition) is 1. The van der Waals surface area contributed by atoms with E-state index in [-0.39, 0.29) is 12.0 Å². The van der Waals surface area contributed by atoms with E-state index in [2.05, 4.69) is 4.72 Å². The Balaban J connectivity index is 1.75. The van der Waals surface area contributed by atoms with Crippen LogP contribution in [0.25, 0.3) is 0 Å². The molecule has 0 unspecified atom stereocenters. The monoisotopic (exact) mass is 363 g/mol. The van der Waals surface area contributed by atoms with Crippen molar-refractivity contribution in [3.05, 3.63) is 33.8 Å². The summed E-state index contributed by atoms with van der Waals surface area (Å²) in [7, 11) is -3.30. The summed E-state index contributed by atoms with van der Waals surface area (Å²) in [6.07, 6.45) is 3.04. The minimum Gasteiger partial charge on any atom is -0.381 e. The molecular formula is C15H19Cl2NO3S. The summed E-state index contributed by atoms with van der Waals surface area (Å²) in [6.45, 7) is 0.949. The van der Waals surface area contributed by atoms with E-state index in [4.69, 9.17) is 27.9 Å². The second kappa shape index (κ2) is 6.65. The van der Waals surface area contributed by atoms with Crippen LogP contribution in [0.5, 0.6) is 0 Å². The lowest BCUT2D eigenvalue weighted by molar-refractivity contribution is 0.0570. The Labute approximate surface area is 141 Å². The number of ether oxygens (including phenoxy) is 1. The van der Waals surface area contributed by atoms with Gasteiger partial charge in [-0.2, -0.15) is 0 Å². The van der Waals surface area contributed by atoms with Gasteiger partial charge in [-0.1, -0.05) is 29.3 Å². The van der Waals surface area contributed by atoms with Crippen molar-refractivity contribution in [2.45, 2.75) is 37.0 Å². The molecule has 22 heavy (non-hydrogen) atoms. The first-order valence-corrected chi connectivity index (χ1v) is 9.79. The Hall–Kier alpha value is -0.330. The first-order valence-electron chi connectivity index (χ1n) is 7.48. The van der Waals surface area contributed by atoms with E-state index in [1.54, 1.807) is 12.1 Å². The van der Waals surface area contributed by atoms with E-state index in [9.17, 15) is 8.42 Å². The van der Waals surface area contributed by atoms with E-state index in [1.807, 2.05) is 6.07 Å². The van der Waals surface area contributed by atoms with E-state index in [0.717, 1.165) is 18.4 Å². The quantitative estimate of drug-likeness (QED) is 0.874. The second-order valence-corrected chi connectivity index (χ2v) is 8.80. The predicted octanol–water partition coefficient (Wildman–Crippen LogP) is 3.02. The maximum atomic E-state index is 12.5. The Morgan fingerprint density at radius 2 is 1.95 bits per heavy atom. The fourth-order valence-electron chi connectivity index (χ4n) is 2.87. The highest BCUT2D eigenvalue weighted by Crippen LogP contribution is 2.30. The first kappa shape index (κ1) is 16.5. The van der Waals surface area contributed by atoms with Crippen LogP contribution in [0.1, 0.15) is 24.8 Å². The topological polar surface area (TPSA) is 55.4 Å². The maximum Gasteiger partial charge on any atom is 0.215 e. The third kappa shape index (κ3) is 3.95. The molecule has 1 heterocycles. The molecular weight excluding hydrogens is 345 g/mol. The minimum absolute atomic E-state index is 0.0674. The Morgan fingerprint density at radius 3 is 2.64 bits per heavy atom. The van der Waals surface area contributed by atoms with Crippen molar-refractivity contribution in [3.8, 4) is 0 Å². The molecule has 2 atom stereocenters. The van der Waals surface area contributed by atoms with E-state index in [0.29, 0.717) is 36.1 Å². The smallest absolute Gasteiger partial charge is 0.215 e. The number of nitrogens with one attached hydrogen (secondary N) is 1. The molecule has 4 nitrogen and oxygen atoms in total. The van der Waals surface area contributed by atoms with Gasteiger partial charge < -0.3 is 4.74 Å². The van der Waals surface area contributed by atoms with Crippen molar-refractivity contribution in [2.24, 2.45) is 5.92 Å². The van der Waals surface area contributed by atoms with Crippen LogP contribution in [0.3, 0.4) is 0 Å². The van der Waals surface area contributed by atoms with Gasteiger partial charge in [0.15, 0.2) is 0 Å². The molecule has 2 aliphatic rings. The number of halogens is 2. The highest BCUT2D eigenvalue weighted by atomic mass is 35.5. The highest BCUT2D eigenvalue weighted by molar-refractivity contribution is 7.90. The molecule has 7 heteroatoms. The third-order valence-corrected chi connectivity index (χ3v) is 7.01. The molecule has 0 aromatic heterocycles. The molecule has 1 aromatic carbocycles. The molecule has 1 N–H and O–H groups in total. The Morgan fingerprint density at radius 1 is 1.18 bits per heavy atom. The normalized spacial score (nSPS) is 26.1. The van der Waals surface area contributed by atoms with Gasteiger partial charge in [0.25, 0.3) is 0 Å². The zero-order valence-electron chi connectivity index (χ0n) is 12.1. The summed E-state index contributed by atoms with van der Waals surface area (Å²) >= 11 is 12.0. The fourth-order valence-corrected chi connectivity index (χ4v) is 5.15. The van der Waals surface area contributed by atoms with E-state index >= 15 is 0 Å². The van der Waals surface area contributed by atoms with Gasteiger partial charge in [-0.15, -0.1) is 0 Å². The molecule has 0 radical (unpaired) electrons. The van der Waals surface area contributed by atoms with Gasteiger partial charge in [0.05, 0.1) is 21.9 Å². The third-order valence-electron chi connectivity index (χ3n) is 4.19. The lowest BCUT2D eigenvalue weighted by Crippen LogP contribution is -2.45. The second-order valence-electron chi connectivity index (χ2n) is 6.05. The molecule has 1 saturated heterocycles. The van der Waals surface area contributed by atoms with Gasteiger partial charge in [0.1, 0.15) is 0 Å². The van der Waals surface area contributed by atoms with Crippen LogP contribution in [0.4, 0.5) is 0 Å². The van der Waals surface area contributed by atoms with Crippen molar-refractivity contribution in [3.63, 3.8) is 0 Å². The molecule has 2 fully saturated rings. The number of sulfonamides is 1. The molecule has 122 valence electrons. The minimum atomic E-state index is -3.30. The van der Waals surface area contributed by atoms with Crippen molar-refractivity contribution in [1.29, 1.82) is 0 Å². The zero-order valence-corrected chi connectivity index (χ0v) is 14.4. The van der Waals surface area contributed by atoms with Gasteiger partial charge in [-0.05, 0) is 43.4 Å². The van der Waals surface area contributed by atoms with Gasteiger partial charge in [0, 0.05) is 18.6 Å². The molecule has 1 aromatic rings. The van der Waals surface area contributed by atoms with E-state index < -0.39 is 15.3 Å². The van der Waals surface area contributed by atoms with Crippen LogP contribution in [0, 0.1) is 5.92 Å². The molecule has 1 aliphatic heterocycles. The molecule has 0 bridgehead atoms. The van der Waals surface area contributed by atoms with Crippen LogP contribution >= 0.6 is 23.2 Å². The lowest BCUT2D eigenvalue weighted by Gasteiger charge is -2.31. The average Bonchev–Trinajstić information content (AvgIpc) is 3.27. The number of benzene rings is 1. The van der Waals surface area contributed by atoms with Crippen LogP contribution in [-0.4, -0.2) is 32.9 Å². The van der Waals surface area contributed by atoms with Gasteiger partial charge in [-0.3, -0.25) is 0 Å². The predicted molar refractivity (Wildman–Crippen MR) is 88.0 cm³/mol. The lowest BCUT2D eigenvalue weighted by atomic mass is 9.93. The summed E-state index contributed by atoms with van der Waals surface area (Å²) < 4.78 is 33.4. The summed E-state index contributed by atoms with van der Waals surface area (Å²) in [4.78, 5) is 0. The zero-order chi connectivity index (χ0) is 15.7.